The molecule has 0 aliphatic carbocycles. The molecule has 11 heteroatoms. The Morgan fingerprint density at radius 3 is 2.12 bits per heavy atom. The van der Waals surface area contributed by atoms with Crippen LogP contribution in [0.3, 0.4) is 0 Å². The first-order valence-corrected chi connectivity index (χ1v) is 10.5. The number of rotatable bonds is 5. The molecule has 0 N–H and O–H groups in total. The number of nitrogens with zero attached hydrogens (tertiary/aromatic N) is 2. The van der Waals surface area contributed by atoms with E-state index in [2.05, 4.69) is 0 Å². The summed E-state index contributed by atoms with van der Waals surface area (Å²) in [4.78, 5) is 43.9. The summed E-state index contributed by atoms with van der Waals surface area (Å²) in [5.74, 6) is -1.95. The lowest BCUT2D eigenvalue weighted by atomic mass is 9.77. The summed E-state index contributed by atoms with van der Waals surface area (Å²) < 4.78 is 43.5. The van der Waals surface area contributed by atoms with Gasteiger partial charge in [0.2, 0.25) is 0 Å². The van der Waals surface area contributed by atoms with Gasteiger partial charge in [-0.25, -0.2) is 9.59 Å². The fourth-order valence-electron chi connectivity index (χ4n) is 3.04. The zero-order valence-electron chi connectivity index (χ0n) is 18.3. The minimum absolute atomic E-state index is 0.0560. The molecule has 1 aromatic rings. The second-order valence-corrected chi connectivity index (χ2v) is 8.87. The Morgan fingerprint density at radius 1 is 1.12 bits per heavy atom. The van der Waals surface area contributed by atoms with E-state index in [1.165, 1.54) is 17.0 Å². The molecule has 32 heavy (non-hydrogen) atoms. The van der Waals surface area contributed by atoms with Crippen molar-refractivity contribution in [3.63, 3.8) is 0 Å². The van der Waals surface area contributed by atoms with Gasteiger partial charge >= 0.3 is 18.2 Å². The van der Waals surface area contributed by atoms with Crippen molar-refractivity contribution in [3.8, 4) is 0 Å². The first-order valence-electron chi connectivity index (χ1n) is 9.93. The molecule has 1 fully saturated rings. The Kier molecular flexibility index (Phi) is 7.70. The normalized spacial score (nSPS) is 15.6. The van der Waals surface area contributed by atoms with Crippen molar-refractivity contribution < 1.29 is 37.1 Å². The minimum Gasteiger partial charge on any atom is -0.444 e. The van der Waals surface area contributed by atoms with E-state index in [0.717, 1.165) is 17.2 Å². The Morgan fingerprint density at radius 2 is 1.69 bits per heavy atom. The van der Waals surface area contributed by atoms with Crippen LogP contribution in [0.5, 0.6) is 0 Å². The summed E-state index contributed by atoms with van der Waals surface area (Å²) >= 11 is 5.60. The third kappa shape index (κ3) is 6.27. The zero-order valence-corrected chi connectivity index (χ0v) is 19.0. The Hall–Kier alpha value is -2.49. The zero-order chi connectivity index (χ0) is 24.3. The van der Waals surface area contributed by atoms with Gasteiger partial charge in [0.25, 0.3) is 5.91 Å². The number of hydrogen-bond acceptors (Lipinski definition) is 5. The molecule has 1 saturated heterocycles. The fourth-order valence-corrected chi connectivity index (χ4v) is 3.17. The first kappa shape index (κ1) is 25.8. The Labute approximate surface area is 189 Å². The van der Waals surface area contributed by atoms with Crippen molar-refractivity contribution in [2.45, 2.75) is 52.4 Å². The monoisotopic (exact) mass is 478 g/mol. The largest absolute Gasteiger partial charge is 0.444 e. The van der Waals surface area contributed by atoms with E-state index < -0.39 is 46.6 Å². The van der Waals surface area contributed by atoms with E-state index >= 15 is 0 Å². The number of alkyl halides is 4. The highest BCUT2D eigenvalue weighted by Gasteiger charge is 2.53. The molecule has 178 valence electrons. The fraction of sp³-hybridized carbons (Fsp3) is 0.571. The lowest BCUT2D eigenvalue weighted by Gasteiger charge is -2.47. The van der Waals surface area contributed by atoms with Gasteiger partial charge in [0.15, 0.2) is 0 Å². The van der Waals surface area contributed by atoms with Gasteiger partial charge in [-0.15, -0.1) is 11.6 Å². The molecule has 1 aromatic carbocycles. The van der Waals surface area contributed by atoms with E-state index in [9.17, 15) is 27.6 Å². The maximum atomic E-state index is 12.9. The highest BCUT2D eigenvalue weighted by Crippen LogP contribution is 2.37. The van der Waals surface area contributed by atoms with Gasteiger partial charge in [0.1, 0.15) is 16.9 Å². The van der Waals surface area contributed by atoms with Crippen LogP contribution < -0.4 is 0 Å². The van der Waals surface area contributed by atoms with Gasteiger partial charge in [-0.1, -0.05) is 19.1 Å². The lowest BCUT2D eigenvalue weighted by molar-refractivity contribution is -0.215. The van der Waals surface area contributed by atoms with Crippen LogP contribution in [0.2, 0.25) is 0 Å². The second-order valence-electron chi connectivity index (χ2n) is 8.61. The number of benzene rings is 1. The SMILES string of the molecule is CCC1(C(=O)ON(Cc2ccc(C(F)(F)F)cc2)C(=O)CCl)CN(C(=O)OC(C)(C)C)C1. The average molecular weight is 479 g/mol. The van der Waals surface area contributed by atoms with Crippen molar-refractivity contribution in [2.75, 3.05) is 19.0 Å². The van der Waals surface area contributed by atoms with Crippen molar-refractivity contribution in [1.82, 2.24) is 9.96 Å². The summed E-state index contributed by atoms with van der Waals surface area (Å²) in [7, 11) is 0. The maximum absolute atomic E-state index is 12.9. The second kappa shape index (κ2) is 9.56. The van der Waals surface area contributed by atoms with E-state index in [1.54, 1.807) is 27.7 Å². The van der Waals surface area contributed by atoms with Crippen LogP contribution in [0.1, 0.15) is 45.2 Å². The summed E-state index contributed by atoms with van der Waals surface area (Å²) in [6.07, 6.45) is -4.71. The van der Waals surface area contributed by atoms with E-state index in [4.69, 9.17) is 21.2 Å². The highest BCUT2D eigenvalue weighted by atomic mass is 35.5. The molecule has 0 saturated carbocycles. The van der Waals surface area contributed by atoms with Crippen molar-refractivity contribution in [2.24, 2.45) is 5.41 Å². The molecule has 2 amide bonds. The van der Waals surface area contributed by atoms with Crippen LogP contribution in [0.15, 0.2) is 24.3 Å². The molecule has 0 atom stereocenters. The number of halogens is 4. The summed E-state index contributed by atoms with van der Waals surface area (Å²) in [5, 5.41) is 0.728. The summed E-state index contributed by atoms with van der Waals surface area (Å²) in [5.41, 5.74) is -2.23. The van der Waals surface area contributed by atoms with E-state index in [0.29, 0.717) is 12.0 Å². The molecule has 0 unspecified atom stereocenters. The molecular formula is C21H26ClF3N2O5. The summed E-state index contributed by atoms with van der Waals surface area (Å²) in [6, 6.07) is 4.13. The van der Waals surface area contributed by atoms with E-state index in [-0.39, 0.29) is 19.6 Å². The Balaban J connectivity index is 2.07. The molecule has 7 nitrogen and oxygen atoms in total. The number of hydrogen-bond donors (Lipinski definition) is 0. The number of hydroxylamine groups is 2. The van der Waals surface area contributed by atoms with Gasteiger partial charge in [0.05, 0.1) is 12.1 Å². The van der Waals surface area contributed by atoms with Crippen molar-refractivity contribution >= 4 is 29.6 Å². The number of carbonyl (C=O) groups is 3. The van der Waals surface area contributed by atoms with E-state index in [1.807, 2.05) is 0 Å². The van der Waals surface area contributed by atoms with Crippen molar-refractivity contribution in [3.05, 3.63) is 35.4 Å². The molecule has 0 radical (unpaired) electrons. The number of ether oxygens (including phenoxy) is 1. The third-order valence-electron chi connectivity index (χ3n) is 4.94. The van der Waals surface area contributed by atoms with Gasteiger partial charge in [-0.2, -0.15) is 18.2 Å². The first-order chi connectivity index (χ1) is 14.7. The van der Waals surface area contributed by atoms with Crippen LogP contribution >= 0.6 is 11.6 Å². The molecular weight excluding hydrogens is 453 g/mol. The predicted octanol–water partition coefficient (Wildman–Crippen LogP) is 4.38. The third-order valence-corrected chi connectivity index (χ3v) is 5.17. The number of carbonyl (C=O) groups excluding carboxylic acids is 3. The molecule has 1 aliphatic rings. The number of likely N-dealkylation sites (tertiary alicyclic amines) is 1. The van der Waals surface area contributed by atoms with Gasteiger partial charge in [-0.3, -0.25) is 4.79 Å². The molecule has 0 bridgehead atoms. The molecule has 2 rings (SSSR count). The summed E-state index contributed by atoms with van der Waals surface area (Å²) in [6.45, 7) is 6.76. The van der Waals surface area contributed by atoms with Crippen LogP contribution in [-0.4, -0.2) is 52.5 Å². The predicted molar refractivity (Wildman–Crippen MR) is 109 cm³/mol. The smallest absolute Gasteiger partial charge is 0.416 e. The minimum atomic E-state index is -4.49. The quantitative estimate of drug-likeness (QED) is 0.464. The van der Waals surface area contributed by atoms with Crippen molar-refractivity contribution in [1.29, 1.82) is 0 Å². The van der Waals surface area contributed by atoms with Crippen LogP contribution in [0.25, 0.3) is 0 Å². The van der Waals surface area contributed by atoms with Gasteiger partial charge < -0.3 is 14.5 Å². The molecule has 1 heterocycles. The lowest BCUT2D eigenvalue weighted by Crippen LogP contribution is -2.63. The van der Waals surface area contributed by atoms with Crippen LogP contribution in [0.4, 0.5) is 18.0 Å². The highest BCUT2D eigenvalue weighted by molar-refractivity contribution is 6.27. The van der Waals surface area contributed by atoms with Gasteiger partial charge in [-0.05, 0) is 44.9 Å². The molecule has 0 aromatic heterocycles. The topological polar surface area (TPSA) is 76.2 Å². The van der Waals surface area contributed by atoms with Crippen LogP contribution in [0, 0.1) is 5.41 Å². The van der Waals surface area contributed by atoms with Crippen LogP contribution in [-0.2, 0) is 31.9 Å². The number of amides is 2. The maximum Gasteiger partial charge on any atom is 0.416 e. The molecule has 1 aliphatic heterocycles. The Bertz CT molecular complexity index is 846. The van der Waals surface area contributed by atoms with Gasteiger partial charge in [0, 0.05) is 13.1 Å². The standard InChI is InChI=1S/C21H26ClF3N2O5/c1-5-20(12-26(13-20)18(30)31-19(2,3)4)17(29)32-27(16(28)10-22)11-14-6-8-15(9-7-14)21(23,24)25/h6-9H,5,10-13H2,1-4H3. The average Bonchev–Trinajstić information content (AvgIpc) is 2.64. The molecule has 0 spiro atoms.